The Hall–Kier alpha value is -1.19. The number of benzene rings is 1. The number of hydrogen-bond acceptors (Lipinski definition) is 5. The van der Waals surface area contributed by atoms with Gasteiger partial charge in [0.15, 0.2) is 0 Å². The number of nitro benzene ring substituents is 1. The molecule has 1 aliphatic rings. The molecule has 0 heterocycles. The lowest BCUT2D eigenvalue weighted by Crippen LogP contribution is -2.31. The average Bonchev–Trinajstić information content (AvgIpc) is 3.20. The molecule has 21 heavy (non-hydrogen) atoms. The molecule has 0 bridgehead atoms. The molecule has 0 amide bonds. The number of aryl methyl sites for hydroxylation is 1. The van der Waals surface area contributed by atoms with Gasteiger partial charge in [-0.15, -0.1) is 0 Å². The van der Waals surface area contributed by atoms with Crippen molar-refractivity contribution in [2.75, 3.05) is 12.8 Å². The Balaban J connectivity index is 2.30. The van der Waals surface area contributed by atoms with Crippen molar-refractivity contribution in [1.82, 2.24) is 4.72 Å². The molecule has 0 unspecified atom stereocenters. The molecule has 116 valence electrons. The van der Waals surface area contributed by atoms with Crippen LogP contribution in [0, 0.1) is 22.9 Å². The standard InChI is InChI=1S/C12H15FN2O4S2/c1-8-5-9(6-10(11(8)13)15(16)17)21(18,19)14-7-12(20-2)3-4-12/h5-6,14H,3-4,7H2,1-2H3. The molecule has 1 N–H and O–H groups in total. The third-order valence-electron chi connectivity index (χ3n) is 3.54. The van der Waals surface area contributed by atoms with E-state index in [4.69, 9.17) is 0 Å². The van der Waals surface area contributed by atoms with Gasteiger partial charge in [-0.25, -0.2) is 13.1 Å². The van der Waals surface area contributed by atoms with E-state index in [2.05, 4.69) is 4.72 Å². The molecule has 6 nitrogen and oxygen atoms in total. The third kappa shape index (κ3) is 3.35. The smallest absolute Gasteiger partial charge is 0.258 e. The second kappa shape index (κ2) is 5.54. The molecule has 1 saturated carbocycles. The number of hydrogen-bond donors (Lipinski definition) is 1. The first-order valence-electron chi connectivity index (χ1n) is 6.20. The topological polar surface area (TPSA) is 89.3 Å². The Bertz CT molecular complexity index is 687. The normalized spacial score (nSPS) is 16.7. The van der Waals surface area contributed by atoms with E-state index in [0.29, 0.717) is 0 Å². The summed E-state index contributed by atoms with van der Waals surface area (Å²) < 4.78 is 40.4. The average molecular weight is 334 g/mol. The molecule has 1 aromatic rings. The molecule has 2 rings (SSSR count). The van der Waals surface area contributed by atoms with Crippen molar-refractivity contribution in [1.29, 1.82) is 0 Å². The van der Waals surface area contributed by atoms with E-state index in [0.717, 1.165) is 25.0 Å². The number of rotatable bonds is 6. The molecule has 1 aromatic carbocycles. The first-order valence-corrected chi connectivity index (χ1v) is 8.91. The van der Waals surface area contributed by atoms with Gasteiger partial charge in [-0.2, -0.15) is 16.2 Å². The van der Waals surface area contributed by atoms with Crippen LogP contribution in [0.2, 0.25) is 0 Å². The molecule has 1 aliphatic carbocycles. The number of halogens is 1. The van der Waals surface area contributed by atoms with Crippen molar-refractivity contribution in [3.05, 3.63) is 33.6 Å². The maximum Gasteiger partial charge on any atom is 0.306 e. The fourth-order valence-electron chi connectivity index (χ4n) is 1.91. The summed E-state index contributed by atoms with van der Waals surface area (Å²) >= 11 is 1.59. The molecular weight excluding hydrogens is 319 g/mol. The first kappa shape index (κ1) is 16.2. The first-order chi connectivity index (χ1) is 9.71. The van der Waals surface area contributed by atoms with Crippen LogP contribution in [-0.4, -0.2) is 30.9 Å². The van der Waals surface area contributed by atoms with Crippen molar-refractivity contribution in [3.63, 3.8) is 0 Å². The molecule has 0 spiro atoms. The highest BCUT2D eigenvalue weighted by Crippen LogP contribution is 2.46. The Morgan fingerprint density at radius 3 is 2.57 bits per heavy atom. The minimum absolute atomic E-state index is 0.0735. The summed E-state index contributed by atoms with van der Waals surface area (Å²) in [5.41, 5.74) is -0.906. The molecule has 0 radical (unpaired) electrons. The van der Waals surface area contributed by atoms with Gasteiger partial charge in [-0.05, 0) is 37.7 Å². The van der Waals surface area contributed by atoms with Gasteiger partial charge in [0.1, 0.15) is 0 Å². The SMILES string of the molecule is CSC1(CNS(=O)(=O)c2cc(C)c(F)c([N+](=O)[O-])c2)CC1. The predicted octanol–water partition coefficient (Wildman–Crippen LogP) is 2.22. The summed E-state index contributed by atoms with van der Waals surface area (Å²) in [5, 5.41) is 10.8. The van der Waals surface area contributed by atoms with Crippen LogP contribution in [0.15, 0.2) is 17.0 Å². The Morgan fingerprint density at radius 1 is 1.48 bits per heavy atom. The van der Waals surface area contributed by atoms with Crippen LogP contribution in [0.4, 0.5) is 10.1 Å². The van der Waals surface area contributed by atoms with Crippen LogP contribution in [0.3, 0.4) is 0 Å². The highest BCUT2D eigenvalue weighted by molar-refractivity contribution is 8.00. The maximum absolute atomic E-state index is 13.6. The van der Waals surface area contributed by atoms with Crippen molar-refractivity contribution < 1.29 is 17.7 Å². The fourth-order valence-corrected chi connectivity index (χ4v) is 3.96. The van der Waals surface area contributed by atoms with E-state index in [-0.39, 0.29) is 21.8 Å². The van der Waals surface area contributed by atoms with E-state index in [9.17, 15) is 22.9 Å². The predicted molar refractivity (Wildman–Crippen MR) is 78.5 cm³/mol. The summed E-state index contributed by atoms with van der Waals surface area (Å²) in [6, 6.07) is 1.85. The highest BCUT2D eigenvalue weighted by Gasteiger charge is 2.42. The lowest BCUT2D eigenvalue weighted by atomic mass is 10.2. The Kier molecular flexibility index (Phi) is 4.27. The van der Waals surface area contributed by atoms with Crippen LogP contribution in [0.25, 0.3) is 0 Å². The molecule has 0 aliphatic heterocycles. The van der Waals surface area contributed by atoms with Crippen molar-refractivity contribution in [2.24, 2.45) is 0 Å². The van der Waals surface area contributed by atoms with Crippen molar-refractivity contribution in [2.45, 2.75) is 29.4 Å². The number of nitrogens with one attached hydrogen (secondary N) is 1. The minimum Gasteiger partial charge on any atom is -0.258 e. The fraction of sp³-hybridized carbons (Fsp3) is 0.500. The Labute approximate surface area is 126 Å². The monoisotopic (exact) mass is 334 g/mol. The van der Waals surface area contributed by atoms with E-state index in [1.807, 2.05) is 6.26 Å². The van der Waals surface area contributed by atoms with E-state index in [1.54, 1.807) is 11.8 Å². The lowest BCUT2D eigenvalue weighted by molar-refractivity contribution is -0.387. The van der Waals surface area contributed by atoms with Gasteiger partial charge in [0.05, 0.1) is 9.82 Å². The van der Waals surface area contributed by atoms with Gasteiger partial charge in [-0.1, -0.05) is 0 Å². The van der Waals surface area contributed by atoms with E-state index < -0.39 is 26.5 Å². The number of sulfonamides is 1. The number of nitrogens with zero attached hydrogens (tertiary/aromatic N) is 1. The zero-order valence-corrected chi connectivity index (χ0v) is 13.2. The number of thioether (sulfide) groups is 1. The van der Waals surface area contributed by atoms with Gasteiger partial charge in [0.2, 0.25) is 15.8 Å². The van der Waals surface area contributed by atoms with Crippen LogP contribution < -0.4 is 4.72 Å². The van der Waals surface area contributed by atoms with Crippen molar-refractivity contribution >= 4 is 27.5 Å². The van der Waals surface area contributed by atoms with Gasteiger partial charge in [-0.3, -0.25) is 10.1 Å². The van der Waals surface area contributed by atoms with Crippen LogP contribution in [0.5, 0.6) is 0 Å². The molecule has 1 fully saturated rings. The van der Waals surface area contributed by atoms with Crippen LogP contribution in [-0.2, 0) is 10.0 Å². The van der Waals surface area contributed by atoms with Crippen molar-refractivity contribution in [3.8, 4) is 0 Å². The quantitative estimate of drug-likeness (QED) is 0.636. The molecule has 0 atom stereocenters. The molecular formula is C12H15FN2O4S2. The van der Waals surface area contributed by atoms with E-state index in [1.165, 1.54) is 6.92 Å². The second-order valence-corrected chi connectivity index (χ2v) is 8.08. The summed E-state index contributed by atoms with van der Waals surface area (Å²) in [5.74, 6) is -1.01. The van der Waals surface area contributed by atoms with Gasteiger partial charge in [0, 0.05) is 17.4 Å². The second-order valence-electron chi connectivity index (χ2n) is 5.04. The Morgan fingerprint density at radius 2 is 2.10 bits per heavy atom. The van der Waals surface area contributed by atoms with Gasteiger partial charge >= 0.3 is 5.69 Å². The highest BCUT2D eigenvalue weighted by atomic mass is 32.2. The molecule has 0 saturated heterocycles. The van der Waals surface area contributed by atoms with Crippen LogP contribution >= 0.6 is 11.8 Å². The minimum atomic E-state index is -3.89. The zero-order valence-electron chi connectivity index (χ0n) is 11.6. The largest absolute Gasteiger partial charge is 0.306 e. The molecule has 9 heteroatoms. The zero-order chi connectivity index (χ0) is 15.8. The van der Waals surface area contributed by atoms with Gasteiger partial charge < -0.3 is 0 Å². The summed E-state index contributed by atoms with van der Waals surface area (Å²) in [6.45, 7) is 1.56. The van der Waals surface area contributed by atoms with E-state index >= 15 is 0 Å². The molecule has 0 aromatic heterocycles. The van der Waals surface area contributed by atoms with Gasteiger partial charge in [0.25, 0.3) is 0 Å². The van der Waals surface area contributed by atoms with Crippen LogP contribution in [0.1, 0.15) is 18.4 Å². The summed E-state index contributed by atoms with van der Waals surface area (Å²) in [6.07, 6.45) is 3.77. The number of nitro groups is 1. The lowest BCUT2D eigenvalue weighted by Gasteiger charge is -2.13. The summed E-state index contributed by atoms with van der Waals surface area (Å²) in [7, 11) is -3.89. The maximum atomic E-state index is 13.6. The third-order valence-corrected chi connectivity index (χ3v) is 6.34. The summed E-state index contributed by atoms with van der Waals surface area (Å²) in [4.78, 5) is 9.56.